The van der Waals surface area contributed by atoms with Gasteiger partial charge in [0.15, 0.2) is 0 Å². The van der Waals surface area contributed by atoms with Crippen molar-refractivity contribution < 1.29 is 4.39 Å². The van der Waals surface area contributed by atoms with E-state index in [4.69, 9.17) is 23.2 Å². The summed E-state index contributed by atoms with van der Waals surface area (Å²) in [5.41, 5.74) is 1.02. The van der Waals surface area contributed by atoms with Crippen LogP contribution in [0.25, 0.3) is 10.1 Å². The normalized spacial score (nSPS) is 12.8. The van der Waals surface area contributed by atoms with Gasteiger partial charge in [-0.05, 0) is 41.3 Å². The average Bonchev–Trinajstić information content (AvgIpc) is 2.84. The minimum absolute atomic E-state index is 0.0118. The van der Waals surface area contributed by atoms with Crippen molar-refractivity contribution >= 4 is 60.6 Å². The highest BCUT2D eigenvalue weighted by Gasteiger charge is 2.15. The lowest BCUT2D eigenvalue weighted by atomic mass is 10.1. The predicted octanol–water partition coefficient (Wildman–Crippen LogP) is 6.83. The minimum Gasteiger partial charge on any atom is -0.207 e. The second-order valence-electron chi connectivity index (χ2n) is 4.37. The second kappa shape index (κ2) is 5.64. The van der Waals surface area contributed by atoms with Crippen LogP contribution in [-0.2, 0) is 0 Å². The lowest BCUT2D eigenvalue weighted by Gasteiger charge is -2.08. The topological polar surface area (TPSA) is 0 Å². The van der Waals surface area contributed by atoms with Crippen LogP contribution in [0, 0.1) is 5.82 Å². The number of thiophene rings is 1. The first kappa shape index (κ1) is 14.3. The van der Waals surface area contributed by atoms with E-state index in [0.29, 0.717) is 10.0 Å². The zero-order valence-electron chi connectivity index (χ0n) is 10.0. The summed E-state index contributed by atoms with van der Waals surface area (Å²) < 4.78 is 14.2. The molecule has 20 heavy (non-hydrogen) atoms. The van der Waals surface area contributed by atoms with Crippen LogP contribution in [0.4, 0.5) is 4.39 Å². The molecule has 1 atom stereocenters. The van der Waals surface area contributed by atoms with Crippen LogP contribution < -0.4 is 0 Å². The van der Waals surface area contributed by atoms with Gasteiger partial charge < -0.3 is 0 Å². The van der Waals surface area contributed by atoms with E-state index in [-0.39, 0.29) is 10.6 Å². The Balaban J connectivity index is 2.02. The molecule has 0 aliphatic rings. The summed E-state index contributed by atoms with van der Waals surface area (Å²) in [6.45, 7) is 0. The third kappa shape index (κ3) is 2.73. The molecular formula is C15H8BrCl2FS. The maximum atomic E-state index is 13.2. The van der Waals surface area contributed by atoms with Crippen LogP contribution in [0.1, 0.15) is 15.3 Å². The molecule has 0 N–H and O–H groups in total. The molecule has 2 aromatic carbocycles. The lowest BCUT2D eigenvalue weighted by Crippen LogP contribution is -1.89. The van der Waals surface area contributed by atoms with Crippen molar-refractivity contribution in [2.24, 2.45) is 0 Å². The zero-order chi connectivity index (χ0) is 14.3. The van der Waals surface area contributed by atoms with Crippen LogP contribution in [-0.4, -0.2) is 0 Å². The fourth-order valence-corrected chi connectivity index (χ4v) is 4.08. The highest BCUT2D eigenvalue weighted by molar-refractivity contribution is 9.09. The van der Waals surface area contributed by atoms with E-state index in [1.807, 2.05) is 12.1 Å². The maximum Gasteiger partial charge on any atom is 0.124 e. The number of halogens is 4. The Labute approximate surface area is 138 Å². The summed E-state index contributed by atoms with van der Waals surface area (Å²) in [6, 6.07) is 12.4. The number of hydrogen-bond donors (Lipinski definition) is 0. The van der Waals surface area contributed by atoms with Gasteiger partial charge in [-0.2, -0.15) is 0 Å². The van der Waals surface area contributed by atoms with Crippen molar-refractivity contribution in [3.05, 3.63) is 68.8 Å². The van der Waals surface area contributed by atoms with Crippen LogP contribution in [0.2, 0.25) is 10.0 Å². The number of hydrogen-bond acceptors (Lipinski definition) is 1. The molecule has 0 amide bonds. The van der Waals surface area contributed by atoms with Gasteiger partial charge in [-0.3, -0.25) is 0 Å². The van der Waals surface area contributed by atoms with Gasteiger partial charge in [0.2, 0.25) is 0 Å². The number of rotatable bonds is 2. The zero-order valence-corrected chi connectivity index (χ0v) is 14.0. The molecule has 3 aromatic rings. The van der Waals surface area contributed by atoms with Crippen LogP contribution in [0.15, 0.2) is 42.5 Å². The molecule has 102 valence electrons. The summed E-state index contributed by atoms with van der Waals surface area (Å²) in [6.07, 6.45) is 0. The molecule has 5 heteroatoms. The highest BCUT2D eigenvalue weighted by Crippen LogP contribution is 2.39. The fraction of sp³-hybridized carbons (Fsp3) is 0.0667. The predicted molar refractivity (Wildman–Crippen MR) is 89.0 cm³/mol. The first-order valence-electron chi connectivity index (χ1n) is 5.82. The second-order valence-corrected chi connectivity index (χ2v) is 7.21. The molecule has 3 rings (SSSR count). The van der Waals surface area contributed by atoms with Crippen molar-refractivity contribution in [1.29, 1.82) is 0 Å². The van der Waals surface area contributed by atoms with E-state index in [1.54, 1.807) is 29.5 Å². The van der Waals surface area contributed by atoms with Crippen LogP contribution in [0.3, 0.4) is 0 Å². The standard InChI is InChI=1S/C15H8BrCl2FS/c16-15(9-2-4-11(17)12(18)5-9)14-6-8-1-3-10(19)7-13(8)20-14/h1-7,15H. The molecule has 1 aromatic heterocycles. The molecule has 0 saturated carbocycles. The summed E-state index contributed by atoms with van der Waals surface area (Å²) in [7, 11) is 0. The van der Waals surface area contributed by atoms with Gasteiger partial charge in [0, 0.05) is 9.58 Å². The van der Waals surface area contributed by atoms with Gasteiger partial charge in [-0.25, -0.2) is 4.39 Å². The van der Waals surface area contributed by atoms with Crippen molar-refractivity contribution in [2.45, 2.75) is 4.83 Å². The van der Waals surface area contributed by atoms with E-state index in [0.717, 1.165) is 20.5 Å². The third-order valence-electron chi connectivity index (χ3n) is 2.99. The van der Waals surface area contributed by atoms with Gasteiger partial charge in [-0.1, -0.05) is 51.3 Å². The summed E-state index contributed by atoms with van der Waals surface area (Å²) in [5.74, 6) is -0.216. The molecule has 0 aliphatic heterocycles. The monoisotopic (exact) mass is 388 g/mol. The van der Waals surface area contributed by atoms with Crippen molar-refractivity contribution in [1.82, 2.24) is 0 Å². The molecule has 1 unspecified atom stereocenters. The molecule has 0 saturated heterocycles. The Morgan fingerprint density at radius 1 is 1.00 bits per heavy atom. The Morgan fingerprint density at radius 2 is 1.80 bits per heavy atom. The Morgan fingerprint density at radius 3 is 2.55 bits per heavy atom. The maximum absolute atomic E-state index is 13.2. The molecule has 0 radical (unpaired) electrons. The first-order valence-corrected chi connectivity index (χ1v) is 8.31. The van der Waals surface area contributed by atoms with Crippen LogP contribution >= 0.6 is 50.5 Å². The number of benzene rings is 2. The number of fused-ring (bicyclic) bond motifs is 1. The van der Waals surface area contributed by atoms with Crippen molar-refractivity contribution in [3.8, 4) is 0 Å². The van der Waals surface area contributed by atoms with Crippen molar-refractivity contribution in [3.63, 3.8) is 0 Å². The SMILES string of the molecule is Fc1ccc2cc(C(Br)c3ccc(Cl)c(Cl)c3)sc2c1. The molecule has 1 heterocycles. The van der Waals surface area contributed by atoms with E-state index in [2.05, 4.69) is 22.0 Å². The van der Waals surface area contributed by atoms with Gasteiger partial charge in [0.25, 0.3) is 0 Å². The fourth-order valence-electron chi connectivity index (χ4n) is 1.98. The molecule has 0 nitrogen and oxygen atoms in total. The van der Waals surface area contributed by atoms with Gasteiger partial charge in [-0.15, -0.1) is 11.3 Å². The molecule has 0 fully saturated rings. The largest absolute Gasteiger partial charge is 0.207 e. The van der Waals surface area contributed by atoms with E-state index < -0.39 is 0 Å². The minimum atomic E-state index is -0.216. The van der Waals surface area contributed by atoms with E-state index >= 15 is 0 Å². The lowest BCUT2D eigenvalue weighted by molar-refractivity contribution is 0.630. The van der Waals surface area contributed by atoms with Crippen molar-refractivity contribution in [2.75, 3.05) is 0 Å². The molecule has 0 spiro atoms. The molecule has 0 bridgehead atoms. The van der Waals surface area contributed by atoms with Crippen LogP contribution in [0.5, 0.6) is 0 Å². The third-order valence-corrected chi connectivity index (χ3v) is 6.21. The summed E-state index contributed by atoms with van der Waals surface area (Å²) in [4.78, 5) is 1.11. The molecular weight excluding hydrogens is 382 g/mol. The number of alkyl halides is 1. The first-order chi connectivity index (χ1) is 9.54. The Hall–Kier alpha value is -0.610. The quantitative estimate of drug-likeness (QED) is 0.421. The van der Waals surface area contributed by atoms with Gasteiger partial charge in [0.05, 0.1) is 14.9 Å². The Kier molecular flexibility index (Phi) is 4.04. The Bertz CT molecular complexity index is 785. The summed E-state index contributed by atoms with van der Waals surface area (Å²) in [5, 5.41) is 2.10. The van der Waals surface area contributed by atoms with E-state index in [1.165, 1.54) is 6.07 Å². The van der Waals surface area contributed by atoms with Gasteiger partial charge in [0.1, 0.15) is 5.82 Å². The summed E-state index contributed by atoms with van der Waals surface area (Å²) >= 11 is 17.2. The smallest absolute Gasteiger partial charge is 0.124 e. The highest BCUT2D eigenvalue weighted by atomic mass is 79.9. The van der Waals surface area contributed by atoms with Gasteiger partial charge >= 0.3 is 0 Å². The molecule has 0 aliphatic carbocycles. The average molecular weight is 390 g/mol. The van der Waals surface area contributed by atoms with E-state index in [9.17, 15) is 4.39 Å².